The molecule has 0 radical (unpaired) electrons. The summed E-state index contributed by atoms with van der Waals surface area (Å²) in [6, 6.07) is 1.33. The van der Waals surface area contributed by atoms with E-state index in [-0.39, 0.29) is 12.0 Å². The van der Waals surface area contributed by atoms with Gasteiger partial charge in [0, 0.05) is 27.9 Å². The molecule has 1 aromatic rings. The van der Waals surface area contributed by atoms with Gasteiger partial charge in [-0.3, -0.25) is 10.1 Å². The van der Waals surface area contributed by atoms with Crippen LogP contribution in [-0.2, 0) is 15.5 Å². The Labute approximate surface area is 106 Å². The monoisotopic (exact) mass is 299 g/mol. The van der Waals surface area contributed by atoms with Crippen LogP contribution in [0.3, 0.4) is 0 Å². The van der Waals surface area contributed by atoms with Crippen LogP contribution in [0.25, 0.3) is 0 Å². The highest BCUT2D eigenvalue weighted by Gasteiger charge is 2.27. The van der Waals surface area contributed by atoms with E-state index in [2.05, 4.69) is 0 Å². The van der Waals surface area contributed by atoms with Crippen molar-refractivity contribution < 1.29 is 22.1 Å². The largest absolute Gasteiger partial charge is 0.274 e. The van der Waals surface area contributed by atoms with Crippen molar-refractivity contribution in [1.29, 1.82) is 0 Å². The Morgan fingerprint density at radius 2 is 2.00 bits per heavy atom. The number of rotatable bonds is 4. The van der Waals surface area contributed by atoms with Gasteiger partial charge < -0.3 is 0 Å². The van der Waals surface area contributed by atoms with Gasteiger partial charge in [0.05, 0.1) is 9.82 Å². The minimum absolute atomic E-state index is 0.0128. The number of benzene rings is 1. The molecule has 9 heteroatoms. The van der Waals surface area contributed by atoms with Gasteiger partial charge in [-0.2, -0.15) is 0 Å². The average Bonchev–Trinajstić information content (AvgIpc) is 2.25. The molecule has 0 aliphatic carbocycles. The van der Waals surface area contributed by atoms with E-state index in [9.17, 15) is 27.3 Å². The van der Waals surface area contributed by atoms with Crippen LogP contribution in [-0.4, -0.2) is 13.3 Å². The molecule has 0 unspecified atom stereocenters. The molecular weight excluding hydrogens is 292 g/mol. The van der Waals surface area contributed by atoms with Crippen molar-refractivity contribution >= 4 is 25.4 Å². The van der Waals surface area contributed by atoms with Crippen LogP contribution in [0.2, 0.25) is 0 Å². The number of nitrogens with zero attached hydrogens (tertiary/aromatic N) is 1. The van der Waals surface area contributed by atoms with Crippen molar-refractivity contribution in [2.24, 2.45) is 0 Å². The Balaban J connectivity index is 3.73. The molecule has 0 fully saturated rings. The van der Waals surface area contributed by atoms with Crippen molar-refractivity contribution in [3.63, 3.8) is 0 Å². The molecule has 0 atom stereocenters. The molecule has 5 nitrogen and oxygen atoms in total. The van der Waals surface area contributed by atoms with Gasteiger partial charge in [-0.05, 0) is 12.5 Å². The molecule has 100 valence electrons. The second kappa shape index (κ2) is 5.15. The van der Waals surface area contributed by atoms with E-state index in [0.29, 0.717) is 12.1 Å². The lowest BCUT2D eigenvalue weighted by atomic mass is 10.1. The van der Waals surface area contributed by atoms with E-state index in [4.69, 9.17) is 10.7 Å². The van der Waals surface area contributed by atoms with Gasteiger partial charge in [-0.15, -0.1) is 0 Å². The summed E-state index contributed by atoms with van der Waals surface area (Å²) in [4.78, 5) is 9.21. The highest BCUT2D eigenvalue weighted by molar-refractivity contribution is 8.13. The quantitative estimate of drug-likeness (QED) is 0.486. The Morgan fingerprint density at radius 3 is 2.33 bits per heavy atom. The second-order valence-corrected chi connectivity index (χ2v) is 5.90. The van der Waals surface area contributed by atoms with Crippen LogP contribution >= 0.6 is 10.7 Å². The molecule has 0 saturated heterocycles. The summed E-state index contributed by atoms with van der Waals surface area (Å²) in [6.07, 6.45) is -3.03. The van der Waals surface area contributed by atoms with Crippen LogP contribution in [0.1, 0.15) is 24.5 Å². The lowest BCUT2D eigenvalue weighted by molar-refractivity contribution is -0.385. The smallest absolute Gasteiger partial charge is 0.258 e. The minimum atomic E-state index is -4.32. The number of nitro benzene ring substituents is 1. The molecule has 0 saturated carbocycles. The summed E-state index contributed by atoms with van der Waals surface area (Å²) in [6.45, 7) is 1.47. The standard InChI is InChI=1S/C9H8ClF2NO4S/c1-2-6-7(13(14)15)3-5(9(11)12)4-8(6)18(10,16)17/h3-4,9H,2H2,1H3. The van der Waals surface area contributed by atoms with Crippen LogP contribution in [0, 0.1) is 10.1 Å². The van der Waals surface area contributed by atoms with Crippen LogP contribution in [0.5, 0.6) is 0 Å². The van der Waals surface area contributed by atoms with Crippen molar-refractivity contribution in [3.05, 3.63) is 33.4 Å². The summed E-state index contributed by atoms with van der Waals surface area (Å²) < 4.78 is 47.6. The lowest BCUT2D eigenvalue weighted by Gasteiger charge is -2.08. The van der Waals surface area contributed by atoms with Crippen LogP contribution < -0.4 is 0 Å². The SMILES string of the molecule is CCc1c([N+](=O)[O-])cc(C(F)F)cc1S(=O)(=O)Cl. The van der Waals surface area contributed by atoms with Gasteiger partial charge in [0.25, 0.3) is 21.2 Å². The van der Waals surface area contributed by atoms with E-state index < -0.39 is 36.5 Å². The van der Waals surface area contributed by atoms with E-state index in [0.717, 1.165) is 0 Å². The number of hydrogen-bond acceptors (Lipinski definition) is 4. The lowest BCUT2D eigenvalue weighted by Crippen LogP contribution is -2.04. The van der Waals surface area contributed by atoms with E-state index in [1.807, 2.05) is 0 Å². The first-order valence-corrected chi connectivity index (χ1v) is 7.03. The molecule has 0 spiro atoms. The van der Waals surface area contributed by atoms with Gasteiger partial charge in [-0.25, -0.2) is 17.2 Å². The first-order valence-electron chi connectivity index (χ1n) is 4.72. The topological polar surface area (TPSA) is 77.3 Å². The second-order valence-electron chi connectivity index (χ2n) is 3.37. The summed E-state index contributed by atoms with van der Waals surface area (Å²) in [7, 11) is 0.777. The van der Waals surface area contributed by atoms with E-state index in [1.54, 1.807) is 0 Å². The zero-order valence-corrected chi connectivity index (χ0v) is 10.6. The Morgan fingerprint density at radius 1 is 1.44 bits per heavy atom. The molecule has 0 aliphatic heterocycles. The molecule has 1 rings (SSSR count). The summed E-state index contributed by atoms with van der Waals surface area (Å²) in [5.74, 6) is 0. The van der Waals surface area contributed by atoms with Gasteiger partial charge in [0.1, 0.15) is 0 Å². The molecule has 0 bridgehead atoms. The van der Waals surface area contributed by atoms with Gasteiger partial charge in [-0.1, -0.05) is 6.92 Å². The van der Waals surface area contributed by atoms with Crippen LogP contribution in [0.15, 0.2) is 17.0 Å². The van der Waals surface area contributed by atoms with Gasteiger partial charge in [0.15, 0.2) is 0 Å². The Bertz CT molecular complexity index is 588. The number of nitro groups is 1. The number of hydrogen-bond donors (Lipinski definition) is 0. The average molecular weight is 300 g/mol. The molecule has 0 N–H and O–H groups in total. The normalized spacial score (nSPS) is 11.8. The molecule has 1 aromatic carbocycles. The van der Waals surface area contributed by atoms with Crippen molar-refractivity contribution in [1.82, 2.24) is 0 Å². The third-order valence-electron chi connectivity index (χ3n) is 2.27. The summed E-state index contributed by atoms with van der Waals surface area (Å²) in [5.41, 5.74) is -1.60. The predicted octanol–water partition coefficient (Wildman–Crippen LogP) is 3.02. The zero-order chi connectivity index (χ0) is 14.1. The highest BCUT2D eigenvalue weighted by atomic mass is 35.7. The molecule has 18 heavy (non-hydrogen) atoms. The first kappa shape index (κ1) is 14.8. The fraction of sp³-hybridized carbons (Fsp3) is 0.333. The van der Waals surface area contributed by atoms with Gasteiger partial charge >= 0.3 is 0 Å². The number of alkyl halides is 2. The third kappa shape index (κ3) is 2.94. The maximum absolute atomic E-state index is 12.6. The van der Waals surface area contributed by atoms with Gasteiger partial charge in [0.2, 0.25) is 0 Å². The molecular formula is C9H8ClF2NO4S. The van der Waals surface area contributed by atoms with Crippen molar-refractivity contribution in [2.45, 2.75) is 24.7 Å². The highest BCUT2D eigenvalue weighted by Crippen LogP contribution is 2.33. The fourth-order valence-electron chi connectivity index (χ4n) is 1.51. The number of halogens is 3. The third-order valence-corrected chi connectivity index (χ3v) is 3.66. The minimum Gasteiger partial charge on any atom is -0.258 e. The summed E-state index contributed by atoms with van der Waals surface area (Å²) in [5, 5.41) is 10.8. The molecule has 0 aromatic heterocycles. The van der Waals surface area contributed by atoms with Crippen molar-refractivity contribution in [2.75, 3.05) is 0 Å². The Hall–Kier alpha value is -1.28. The van der Waals surface area contributed by atoms with Crippen LogP contribution in [0.4, 0.5) is 14.5 Å². The Kier molecular flexibility index (Phi) is 4.23. The fourth-order valence-corrected chi connectivity index (χ4v) is 2.75. The molecule has 0 amide bonds. The predicted molar refractivity (Wildman–Crippen MR) is 60.5 cm³/mol. The molecule has 0 aliphatic rings. The van der Waals surface area contributed by atoms with Crippen molar-refractivity contribution in [3.8, 4) is 0 Å². The summed E-state index contributed by atoms with van der Waals surface area (Å²) >= 11 is 0. The first-order chi connectivity index (χ1) is 8.18. The molecule has 0 heterocycles. The van der Waals surface area contributed by atoms with E-state index in [1.165, 1.54) is 6.92 Å². The maximum Gasteiger partial charge on any atom is 0.274 e. The van der Waals surface area contributed by atoms with E-state index >= 15 is 0 Å². The maximum atomic E-state index is 12.6. The zero-order valence-electron chi connectivity index (χ0n) is 9.06.